The fraction of sp³-hybridized carbons (Fsp3) is 0.214. The van der Waals surface area contributed by atoms with E-state index in [9.17, 15) is 8.42 Å². The lowest BCUT2D eigenvalue weighted by Crippen LogP contribution is -2.23. The van der Waals surface area contributed by atoms with Crippen molar-refractivity contribution in [2.75, 3.05) is 6.61 Å². The van der Waals surface area contributed by atoms with Crippen molar-refractivity contribution in [3.8, 4) is 11.8 Å². The number of nitrogens with one attached hydrogen (secondary N) is 1. The quantitative estimate of drug-likeness (QED) is 0.831. The first-order valence-corrected chi connectivity index (χ1v) is 8.48. The van der Waals surface area contributed by atoms with Gasteiger partial charge in [-0.15, -0.1) is 11.3 Å². The lowest BCUT2D eigenvalue weighted by Gasteiger charge is -2.05. The maximum atomic E-state index is 12.2. The van der Waals surface area contributed by atoms with E-state index in [0.717, 1.165) is 5.69 Å². The van der Waals surface area contributed by atoms with Gasteiger partial charge in [-0.1, -0.05) is 17.9 Å². The maximum Gasteiger partial charge on any atom is 0.240 e. The highest BCUT2D eigenvalue weighted by atomic mass is 32.2. The number of rotatable bonds is 4. The molecule has 1 aromatic carbocycles. The standard InChI is InChI=1S/C14H14N2O3S2/c1-11-10-20-14(16-11)9-15-21(18,19)13-6-2-4-12(8-13)5-3-7-17/h2,4,6,8,10,15,17H,7,9H2,1H3. The molecule has 7 heteroatoms. The summed E-state index contributed by atoms with van der Waals surface area (Å²) in [6, 6.07) is 6.27. The third-order valence-electron chi connectivity index (χ3n) is 2.54. The first-order valence-electron chi connectivity index (χ1n) is 6.12. The van der Waals surface area contributed by atoms with Crippen LogP contribution in [0.1, 0.15) is 16.3 Å². The number of aliphatic hydroxyl groups excluding tert-OH is 1. The van der Waals surface area contributed by atoms with Gasteiger partial charge in [-0.25, -0.2) is 18.1 Å². The predicted molar refractivity (Wildman–Crippen MR) is 81.3 cm³/mol. The molecule has 5 nitrogen and oxygen atoms in total. The summed E-state index contributed by atoms with van der Waals surface area (Å²) in [6.45, 7) is 1.75. The topological polar surface area (TPSA) is 79.3 Å². The van der Waals surface area contributed by atoms with Crippen molar-refractivity contribution in [3.63, 3.8) is 0 Å². The Morgan fingerprint density at radius 3 is 2.90 bits per heavy atom. The molecular weight excluding hydrogens is 308 g/mol. The van der Waals surface area contributed by atoms with Gasteiger partial charge in [-0.2, -0.15) is 0 Å². The highest BCUT2D eigenvalue weighted by molar-refractivity contribution is 7.89. The normalized spacial score (nSPS) is 11.0. The van der Waals surface area contributed by atoms with Gasteiger partial charge >= 0.3 is 0 Å². The molecule has 110 valence electrons. The van der Waals surface area contributed by atoms with Gasteiger partial charge in [0.05, 0.1) is 11.4 Å². The Morgan fingerprint density at radius 2 is 2.24 bits per heavy atom. The predicted octanol–water partition coefficient (Wildman–Crippen LogP) is 1.27. The van der Waals surface area contributed by atoms with Gasteiger partial charge in [-0.3, -0.25) is 0 Å². The summed E-state index contributed by atoms with van der Waals surface area (Å²) in [5, 5.41) is 11.2. The second-order valence-corrected chi connectivity index (χ2v) is 6.90. The van der Waals surface area contributed by atoms with Crippen LogP contribution in [0.2, 0.25) is 0 Å². The number of hydrogen-bond donors (Lipinski definition) is 2. The van der Waals surface area contributed by atoms with Crippen molar-refractivity contribution in [1.29, 1.82) is 0 Å². The Balaban J connectivity index is 2.15. The molecule has 0 saturated carbocycles. The van der Waals surface area contributed by atoms with Crippen LogP contribution in [0.5, 0.6) is 0 Å². The van der Waals surface area contributed by atoms with E-state index >= 15 is 0 Å². The summed E-state index contributed by atoms with van der Waals surface area (Å²) in [7, 11) is -3.61. The Morgan fingerprint density at radius 1 is 1.43 bits per heavy atom. The number of nitrogens with zero attached hydrogens (tertiary/aromatic N) is 1. The average molecular weight is 322 g/mol. The molecular formula is C14H14N2O3S2. The number of sulfonamides is 1. The van der Waals surface area contributed by atoms with Gasteiger partial charge in [0.2, 0.25) is 10.0 Å². The molecule has 1 heterocycles. The Kier molecular flexibility index (Phi) is 5.09. The molecule has 2 aromatic rings. The Bertz CT molecular complexity index is 786. The van der Waals surface area contributed by atoms with Gasteiger partial charge in [0.1, 0.15) is 11.6 Å². The highest BCUT2D eigenvalue weighted by Gasteiger charge is 2.14. The van der Waals surface area contributed by atoms with E-state index in [0.29, 0.717) is 10.6 Å². The van der Waals surface area contributed by atoms with Gasteiger partial charge in [0, 0.05) is 16.6 Å². The number of benzene rings is 1. The van der Waals surface area contributed by atoms with Crippen LogP contribution in [0.3, 0.4) is 0 Å². The molecule has 21 heavy (non-hydrogen) atoms. The molecule has 0 amide bonds. The monoisotopic (exact) mass is 322 g/mol. The second kappa shape index (κ2) is 6.83. The van der Waals surface area contributed by atoms with Crippen molar-refractivity contribution in [2.45, 2.75) is 18.4 Å². The Hall–Kier alpha value is -1.72. The molecule has 2 rings (SSSR count). The van der Waals surface area contributed by atoms with Crippen LogP contribution in [0.4, 0.5) is 0 Å². The van der Waals surface area contributed by atoms with Crippen molar-refractivity contribution >= 4 is 21.4 Å². The van der Waals surface area contributed by atoms with Gasteiger partial charge in [-0.05, 0) is 25.1 Å². The fourth-order valence-electron chi connectivity index (χ4n) is 1.61. The Labute approximate surface area is 127 Å². The van der Waals surface area contributed by atoms with E-state index in [4.69, 9.17) is 5.11 Å². The first-order chi connectivity index (χ1) is 10.0. The molecule has 2 N–H and O–H groups in total. The third-order valence-corrected chi connectivity index (χ3v) is 4.90. The molecule has 0 fully saturated rings. The van der Waals surface area contributed by atoms with E-state index in [1.807, 2.05) is 12.3 Å². The van der Waals surface area contributed by atoms with Crippen LogP contribution in [0, 0.1) is 18.8 Å². The SMILES string of the molecule is Cc1csc(CNS(=O)(=O)c2cccc(C#CCO)c2)n1. The first kappa shape index (κ1) is 15.7. The molecule has 0 saturated heterocycles. The number of aryl methyl sites for hydroxylation is 1. The van der Waals surface area contributed by atoms with Gasteiger partial charge in [0.15, 0.2) is 0 Å². The molecule has 0 unspecified atom stereocenters. The van der Waals surface area contributed by atoms with Crippen LogP contribution in [-0.2, 0) is 16.6 Å². The molecule has 0 aliphatic heterocycles. The molecule has 0 aliphatic rings. The summed E-state index contributed by atoms with van der Waals surface area (Å²) in [4.78, 5) is 4.35. The van der Waals surface area contributed by atoms with E-state index < -0.39 is 10.0 Å². The minimum Gasteiger partial charge on any atom is -0.384 e. The van der Waals surface area contributed by atoms with Crippen molar-refractivity contribution in [2.24, 2.45) is 0 Å². The minimum absolute atomic E-state index is 0.139. The zero-order valence-corrected chi connectivity index (χ0v) is 13.0. The van der Waals surface area contributed by atoms with Crippen LogP contribution < -0.4 is 4.72 Å². The maximum absolute atomic E-state index is 12.2. The molecule has 0 radical (unpaired) electrons. The zero-order chi connectivity index (χ0) is 15.3. The summed E-state index contributed by atoms with van der Waals surface area (Å²) >= 11 is 1.41. The molecule has 1 aromatic heterocycles. The van der Waals surface area contributed by atoms with Crippen LogP contribution >= 0.6 is 11.3 Å². The molecule has 0 bridgehead atoms. The van der Waals surface area contributed by atoms with Crippen molar-refractivity contribution in [3.05, 3.63) is 45.9 Å². The summed E-state index contributed by atoms with van der Waals surface area (Å²) in [6.07, 6.45) is 0. The second-order valence-electron chi connectivity index (χ2n) is 4.19. The largest absolute Gasteiger partial charge is 0.384 e. The summed E-state index contributed by atoms with van der Waals surface area (Å²) < 4.78 is 26.9. The summed E-state index contributed by atoms with van der Waals surface area (Å²) in [5.74, 6) is 5.17. The molecule has 0 spiro atoms. The van der Waals surface area contributed by atoms with E-state index in [2.05, 4.69) is 21.5 Å². The highest BCUT2D eigenvalue weighted by Crippen LogP contribution is 2.13. The zero-order valence-electron chi connectivity index (χ0n) is 11.3. The number of thiazole rings is 1. The molecule has 0 atom stereocenters. The number of hydrogen-bond acceptors (Lipinski definition) is 5. The average Bonchev–Trinajstić information content (AvgIpc) is 2.89. The van der Waals surface area contributed by atoms with E-state index in [1.54, 1.807) is 12.1 Å². The van der Waals surface area contributed by atoms with Crippen molar-refractivity contribution < 1.29 is 13.5 Å². The number of aliphatic hydroxyl groups is 1. The van der Waals surface area contributed by atoms with E-state index in [1.165, 1.54) is 23.5 Å². The van der Waals surface area contributed by atoms with Crippen LogP contribution in [0.25, 0.3) is 0 Å². The fourth-order valence-corrected chi connectivity index (χ4v) is 3.44. The number of aromatic nitrogens is 1. The van der Waals surface area contributed by atoms with Crippen molar-refractivity contribution in [1.82, 2.24) is 9.71 Å². The smallest absolute Gasteiger partial charge is 0.240 e. The summed E-state index contributed by atoms with van der Waals surface area (Å²) in [5.41, 5.74) is 1.41. The van der Waals surface area contributed by atoms with Gasteiger partial charge in [0.25, 0.3) is 0 Å². The van der Waals surface area contributed by atoms with E-state index in [-0.39, 0.29) is 18.0 Å². The lowest BCUT2D eigenvalue weighted by molar-refractivity contribution is 0.350. The minimum atomic E-state index is -3.61. The lowest BCUT2D eigenvalue weighted by atomic mass is 10.2. The van der Waals surface area contributed by atoms with Crippen LogP contribution in [0.15, 0.2) is 34.5 Å². The van der Waals surface area contributed by atoms with Gasteiger partial charge < -0.3 is 5.11 Å². The van der Waals surface area contributed by atoms with Crippen LogP contribution in [-0.4, -0.2) is 25.1 Å². The third kappa shape index (κ3) is 4.37. The molecule has 0 aliphatic carbocycles.